The molecule has 0 aliphatic carbocycles. The van der Waals surface area contributed by atoms with E-state index in [1.54, 1.807) is 0 Å². The molecular weight excluding hydrogens is 268 g/mol. The number of pyridine rings is 1. The van der Waals surface area contributed by atoms with Crippen molar-refractivity contribution in [2.45, 2.75) is 32.6 Å². The summed E-state index contributed by atoms with van der Waals surface area (Å²) in [5, 5.41) is 0. The maximum absolute atomic E-state index is 4.59. The van der Waals surface area contributed by atoms with Crippen LogP contribution in [0.5, 0.6) is 0 Å². The second kappa shape index (κ2) is 7.13. The van der Waals surface area contributed by atoms with Crippen LogP contribution in [-0.4, -0.2) is 18.1 Å². The van der Waals surface area contributed by atoms with Crippen LogP contribution in [0.3, 0.4) is 0 Å². The number of aryl methyl sites for hydroxylation is 1. The molecule has 0 N–H and O–H groups in total. The minimum Gasteiger partial charge on any atom is -0.357 e. The van der Waals surface area contributed by atoms with E-state index in [2.05, 4.69) is 65.0 Å². The lowest BCUT2D eigenvalue weighted by atomic mass is 10.1. The number of nitrogens with zero attached hydrogens (tertiary/aromatic N) is 2. The second-order valence-corrected chi connectivity index (χ2v) is 5.92. The molecule has 22 heavy (non-hydrogen) atoms. The number of rotatable bonds is 1. The predicted octanol–water partition coefficient (Wildman–Crippen LogP) is 4.17. The fourth-order valence-corrected chi connectivity index (χ4v) is 2.73. The molecule has 0 unspecified atom stereocenters. The Morgan fingerprint density at radius 2 is 1.45 bits per heavy atom. The topological polar surface area (TPSA) is 16.1 Å². The molecule has 1 aliphatic heterocycles. The zero-order chi connectivity index (χ0) is 15.2. The zero-order valence-corrected chi connectivity index (χ0v) is 13.2. The Hall–Kier alpha value is -2.27. The van der Waals surface area contributed by atoms with Crippen LogP contribution in [0.1, 0.15) is 42.4 Å². The van der Waals surface area contributed by atoms with Gasteiger partial charge in [0.1, 0.15) is 5.82 Å². The summed E-state index contributed by atoms with van der Waals surface area (Å²) in [5.74, 6) is 7.47. The van der Waals surface area contributed by atoms with Gasteiger partial charge in [-0.2, -0.15) is 0 Å². The van der Waals surface area contributed by atoms with Crippen molar-refractivity contribution in [1.29, 1.82) is 0 Å². The van der Waals surface area contributed by atoms with E-state index < -0.39 is 0 Å². The second-order valence-electron chi connectivity index (χ2n) is 5.92. The van der Waals surface area contributed by atoms with Crippen molar-refractivity contribution in [2.24, 2.45) is 0 Å². The first-order valence-electron chi connectivity index (χ1n) is 8.11. The molecule has 1 aliphatic rings. The van der Waals surface area contributed by atoms with Gasteiger partial charge in [0.05, 0.1) is 0 Å². The molecule has 0 bridgehead atoms. The maximum atomic E-state index is 4.59. The number of anilines is 1. The fraction of sp³-hybridized carbons (Fsp3) is 0.350. The van der Waals surface area contributed by atoms with Gasteiger partial charge in [-0.25, -0.2) is 4.98 Å². The van der Waals surface area contributed by atoms with Gasteiger partial charge in [0.25, 0.3) is 0 Å². The molecule has 0 atom stereocenters. The highest BCUT2D eigenvalue weighted by Crippen LogP contribution is 2.17. The van der Waals surface area contributed by atoms with E-state index in [0.29, 0.717) is 0 Å². The molecule has 0 spiro atoms. The van der Waals surface area contributed by atoms with E-state index in [-0.39, 0.29) is 0 Å². The van der Waals surface area contributed by atoms with Crippen LogP contribution >= 0.6 is 0 Å². The van der Waals surface area contributed by atoms with Crippen LogP contribution in [0, 0.1) is 18.8 Å². The first-order valence-corrected chi connectivity index (χ1v) is 8.11. The van der Waals surface area contributed by atoms with E-state index in [1.807, 2.05) is 6.20 Å². The first-order chi connectivity index (χ1) is 10.8. The van der Waals surface area contributed by atoms with Crippen molar-refractivity contribution in [1.82, 2.24) is 4.98 Å². The summed E-state index contributed by atoms with van der Waals surface area (Å²) in [4.78, 5) is 6.99. The third kappa shape index (κ3) is 3.89. The van der Waals surface area contributed by atoms with Gasteiger partial charge in [-0.3, -0.25) is 0 Å². The number of aromatic nitrogens is 1. The van der Waals surface area contributed by atoms with E-state index >= 15 is 0 Å². The van der Waals surface area contributed by atoms with E-state index in [1.165, 1.54) is 31.2 Å². The Morgan fingerprint density at radius 1 is 0.818 bits per heavy atom. The summed E-state index contributed by atoms with van der Waals surface area (Å²) in [5.41, 5.74) is 3.27. The van der Waals surface area contributed by atoms with Crippen LogP contribution in [-0.2, 0) is 0 Å². The van der Waals surface area contributed by atoms with Crippen LogP contribution in [0.4, 0.5) is 5.82 Å². The number of benzene rings is 1. The van der Waals surface area contributed by atoms with E-state index in [9.17, 15) is 0 Å². The summed E-state index contributed by atoms with van der Waals surface area (Å²) in [7, 11) is 0. The van der Waals surface area contributed by atoms with Gasteiger partial charge < -0.3 is 4.90 Å². The van der Waals surface area contributed by atoms with Gasteiger partial charge in [0.15, 0.2) is 0 Å². The third-order valence-corrected chi connectivity index (χ3v) is 4.08. The maximum Gasteiger partial charge on any atom is 0.128 e. The van der Waals surface area contributed by atoms with Gasteiger partial charge in [0.2, 0.25) is 0 Å². The van der Waals surface area contributed by atoms with Gasteiger partial charge in [-0.05, 0) is 44.0 Å². The minimum absolute atomic E-state index is 0.971. The molecular formula is C20H22N2. The van der Waals surface area contributed by atoms with Crippen molar-refractivity contribution < 1.29 is 0 Å². The summed E-state index contributed by atoms with van der Waals surface area (Å²) < 4.78 is 0. The van der Waals surface area contributed by atoms with Gasteiger partial charge in [0, 0.05) is 30.4 Å². The highest BCUT2D eigenvalue weighted by molar-refractivity contribution is 5.46. The average Bonchev–Trinajstić information content (AvgIpc) is 2.84. The average molecular weight is 290 g/mol. The normalized spacial score (nSPS) is 14.9. The lowest BCUT2D eigenvalue weighted by molar-refractivity contribution is 0.726. The predicted molar refractivity (Wildman–Crippen MR) is 92.1 cm³/mol. The van der Waals surface area contributed by atoms with Crippen molar-refractivity contribution in [2.75, 3.05) is 18.0 Å². The lowest BCUT2D eigenvalue weighted by Gasteiger charge is -2.21. The number of hydrogen-bond acceptors (Lipinski definition) is 2. The highest BCUT2D eigenvalue weighted by atomic mass is 15.2. The van der Waals surface area contributed by atoms with E-state index in [0.717, 1.165) is 30.0 Å². The van der Waals surface area contributed by atoms with E-state index in [4.69, 9.17) is 0 Å². The van der Waals surface area contributed by atoms with Crippen LogP contribution < -0.4 is 4.90 Å². The van der Waals surface area contributed by atoms with Crippen molar-refractivity contribution >= 4 is 5.82 Å². The molecule has 1 saturated heterocycles. The Labute approximate surface area is 133 Å². The number of hydrogen-bond donors (Lipinski definition) is 0. The first kappa shape index (κ1) is 14.7. The molecule has 2 heteroatoms. The molecule has 112 valence electrons. The quantitative estimate of drug-likeness (QED) is 0.733. The third-order valence-electron chi connectivity index (χ3n) is 4.08. The Balaban J connectivity index is 1.70. The molecule has 2 nitrogen and oxygen atoms in total. The molecule has 3 rings (SSSR count). The summed E-state index contributed by atoms with van der Waals surface area (Å²) in [6.07, 6.45) is 7.13. The van der Waals surface area contributed by atoms with Crippen molar-refractivity contribution in [3.05, 3.63) is 59.3 Å². The Bertz CT molecular complexity index is 652. The van der Waals surface area contributed by atoms with Gasteiger partial charge in [-0.15, -0.1) is 0 Å². The van der Waals surface area contributed by atoms with Crippen LogP contribution in [0.15, 0.2) is 42.6 Å². The smallest absolute Gasteiger partial charge is 0.128 e. The largest absolute Gasteiger partial charge is 0.357 e. The molecule has 1 fully saturated rings. The summed E-state index contributed by atoms with van der Waals surface area (Å²) in [6.45, 7) is 4.34. The zero-order valence-electron chi connectivity index (χ0n) is 13.2. The van der Waals surface area contributed by atoms with Crippen molar-refractivity contribution in [3.63, 3.8) is 0 Å². The molecule has 1 aromatic heterocycles. The lowest BCUT2D eigenvalue weighted by Crippen LogP contribution is -2.24. The summed E-state index contributed by atoms with van der Waals surface area (Å²) >= 11 is 0. The monoisotopic (exact) mass is 290 g/mol. The molecule has 0 amide bonds. The summed E-state index contributed by atoms with van der Waals surface area (Å²) in [6, 6.07) is 12.5. The molecule has 0 saturated carbocycles. The van der Waals surface area contributed by atoms with Gasteiger partial charge in [-0.1, -0.05) is 42.4 Å². The molecule has 1 aromatic carbocycles. The standard InChI is InChI=1S/C20H22N2/c1-17-6-8-18(9-7-17)10-11-19-12-13-20(21-16-19)22-14-4-2-3-5-15-22/h6-9,12-13,16H,2-5,14-15H2,1H3. The van der Waals surface area contributed by atoms with Crippen LogP contribution in [0.2, 0.25) is 0 Å². The molecule has 0 radical (unpaired) electrons. The Kier molecular flexibility index (Phi) is 4.75. The van der Waals surface area contributed by atoms with Crippen LogP contribution in [0.25, 0.3) is 0 Å². The SMILES string of the molecule is Cc1ccc(C#Cc2ccc(N3CCCCCC3)nc2)cc1. The molecule has 2 aromatic rings. The van der Waals surface area contributed by atoms with Crippen molar-refractivity contribution in [3.8, 4) is 11.8 Å². The van der Waals surface area contributed by atoms with Gasteiger partial charge >= 0.3 is 0 Å². The highest BCUT2D eigenvalue weighted by Gasteiger charge is 2.10. The minimum atomic E-state index is 0.971. The molecule has 2 heterocycles. The Morgan fingerprint density at radius 3 is 2.09 bits per heavy atom. The fourth-order valence-electron chi connectivity index (χ4n) is 2.73.